The van der Waals surface area contributed by atoms with Crippen LogP contribution < -0.4 is 0 Å². The molecule has 12 heteroatoms. The summed E-state index contributed by atoms with van der Waals surface area (Å²) in [6.45, 7) is -1.28. The minimum Gasteiger partial charge on any atom is -0.438 e. The first kappa shape index (κ1) is 21.3. The number of aliphatic hydroxyl groups excluding tert-OH is 3. The summed E-state index contributed by atoms with van der Waals surface area (Å²) in [4.78, 5) is 21.8. The van der Waals surface area contributed by atoms with Gasteiger partial charge >= 0.3 is 12.3 Å². The van der Waals surface area contributed by atoms with Crippen LogP contribution in [-0.2, 0) is 33.2 Å². The fraction of sp³-hybridized carbons (Fsp3) is 0.846. The molecule has 0 saturated heterocycles. The molecule has 1 saturated carbocycles. The summed E-state index contributed by atoms with van der Waals surface area (Å²) in [5, 5.41) is 30.4. The Morgan fingerprint density at radius 2 is 1.12 bits per heavy atom. The first-order valence-electron chi connectivity index (χ1n) is 7.09. The zero-order valence-corrected chi connectivity index (χ0v) is 13.9. The number of aliphatic hydroxyl groups is 3. The van der Waals surface area contributed by atoms with Crippen LogP contribution >= 0.6 is 0 Å². The number of rotatable bonds is 7. The first-order chi connectivity index (χ1) is 11.9. The predicted molar refractivity (Wildman–Crippen MR) is 75.3 cm³/mol. The zero-order chi connectivity index (χ0) is 19.0. The molecule has 6 atom stereocenters. The SMILES string of the molecule is COC(=O)OCOC1C(O)C(O)C(OC)C(O)C1OCOC(=O)OC. The molecule has 1 aliphatic carbocycles. The Bertz CT molecular complexity index is 429. The number of hydrogen-bond donors (Lipinski definition) is 3. The molecule has 0 aliphatic heterocycles. The first-order valence-corrected chi connectivity index (χ1v) is 7.09. The molecule has 1 fully saturated rings. The maximum absolute atomic E-state index is 10.9. The highest BCUT2D eigenvalue weighted by atomic mass is 16.8. The number of hydrogen-bond acceptors (Lipinski definition) is 12. The number of carbonyl (C=O) groups excluding carboxylic acids is 2. The second-order valence-electron chi connectivity index (χ2n) is 4.87. The molecule has 0 aromatic rings. The van der Waals surface area contributed by atoms with Gasteiger partial charge in [0.2, 0.25) is 0 Å². The molecule has 1 rings (SSSR count). The molecule has 0 aromatic carbocycles. The van der Waals surface area contributed by atoms with Crippen LogP contribution in [0.1, 0.15) is 0 Å². The second-order valence-corrected chi connectivity index (χ2v) is 4.87. The maximum Gasteiger partial charge on any atom is 0.510 e. The van der Waals surface area contributed by atoms with Gasteiger partial charge in [-0.25, -0.2) is 9.59 Å². The van der Waals surface area contributed by atoms with Crippen molar-refractivity contribution in [1.82, 2.24) is 0 Å². The Balaban J connectivity index is 2.77. The number of methoxy groups -OCH3 is 3. The van der Waals surface area contributed by atoms with Gasteiger partial charge in [-0.1, -0.05) is 0 Å². The Morgan fingerprint density at radius 1 is 0.720 bits per heavy atom. The van der Waals surface area contributed by atoms with Crippen molar-refractivity contribution in [2.75, 3.05) is 34.9 Å². The highest BCUT2D eigenvalue weighted by molar-refractivity contribution is 5.59. The molecule has 0 spiro atoms. The van der Waals surface area contributed by atoms with E-state index in [0.29, 0.717) is 0 Å². The van der Waals surface area contributed by atoms with Gasteiger partial charge in [0.1, 0.15) is 36.6 Å². The lowest BCUT2D eigenvalue weighted by atomic mass is 9.84. The summed E-state index contributed by atoms with van der Waals surface area (Å²) in [7, 11) is 3.40. The third-order valence-corrected chi connectivity index (χ3v) is 3.50. The lowest BCUT2D eigenvalue weighted by Gasteiger charge is -2.44. The molecule has 0 heterocycles. The van der Waals surface area contributed by atoms with Crippen molar-refractivity contribution < 1.29 is 58.1 Å². The van der Waals surface area contributed by atoms with Crippen molar-refractivity contribution >= 4 is 12.3 Å². The quantitative estimate of drug-likeness (QED) is 0.346. The fourth-order valence-corrected chi connectivity index (χ4v) is 2.27. The zero-order valence-electron chi connectivity index (χ0n) is 13.9. The lowest BCUT2D eigenvalue weighted by Crippen LogP contribution is -2.65. The van der Waals surface area contributed by atoms with E-state index in [1.54, 1.807) is 0 Å². The average molecular weight is 370 g/mol. The van der Waals surface area contributed by atoms with Crippen LogP contribution in [0.3, 0.4) is 0 Å². The van der Waals surface area contributed by atoms with Gasteiger partial charge in [-0.3, -0.25) is 0 Å². The molecule has 0 amide bonds. The third-order valence-electron chi connectivity index (χ3n) is 3.50. The molecular weight excluding hydrogens is 348 g/mol. The molecule has 146 valence electrons. The smallest absolute Gasteiger partial charge is 0.438 e. The molecule has 25 heavy (non-hydrogen) atoms. The molecular formula is C13H22O12. The summed E-state index contributed by atoms with van der Waals surface area (Å²) in [5.41, 5.74) is 0. The normalized spacial score (nSPS) is 31.9. The Hall–Kier alpha value is -1.70. The minimum absolute atomic E-state index is 0.634. The largest absolute Gasteiger partial charge is 0.510 e. The van der Waals surface area contributed by atoms with E-state index in [2.05, 4.69) is 18.9 Å². The van der Waals surface area contributed by atoms with E-state index in [0.717, 1.165) is 14.2 Å². The lowest BCUT2D eigenvalue weighted by molar-refractivity contribution is -0.272. The van der Waals surface area contributed by atoms with Crippen LogP contribution in [0.15, 0.2) is 0 Å². The van der Waals surface area contributed by atoms with E-state index in [1.807, 2.05) is 0 Å². The fourth-order valence-electron chi connectivity index (χ4n) is 2.27. The number of carbonyl (C=O) groups is 2. The van der Waals surface area contributed by atoms with Gasteiger partial charge in [0, 0.05) is 7.11 Å². The standard InChI is InChI=1S/C13H22O12/c1-19-9-6(14)7(15)10(22-4-24-12(17)20-2)11(8(9)16)23-5-25-13(18)21-3/h6-11,14-16H,4-5H2,1-3H3. The average Bonchev–Trinajstić information content (AvgIpc) is 2.61. The van der Waals surface area contributed by atoms with Gasteiger partial charge in [-0.05, 0) is 0 Å². The third kappa shape index (κ3) is 5.66. The van der Waals surface area contributed by atoms with Crippen molar-refractivity contribution in [2.45, 2.75) is 36.6 Å². The van der Waals surface area contributed by atoms with Crippen LogP contribution in [0, 0.1) is 0 Å². The van der Waals surface area contributed by atoms with Crippen molar-refractivity contribution in [1.29, 1.82) is 0 Å². The molecule has 0 aromatic heterocycles. The van der Waals surface area contributed by atoms with Crippen LogP contribution in [0.2, 0.25) is 0 Å². The van der Waals surface area contributed by atoms with E-state index >= 15 is 0 Å². The minimum atomic E-state index is -1.56. The van der Waals surface area contributed by atoms with E-state index in [4.69, 9.17) is 14.2 Å². The Labute approximate surface area is 143 Å². The van der Waals surface area contributed by atoms with Gasteiger partial charge in [-0.2, -0.15) is 0 Å². The highest BCUT2D eigenvalue weighted by Gasteiger charge is 2.51. The molecule has 0 radical (unpaired) electrons. The van der Waals surface area contributed by atoms with Gasteiger partial charge < -0.3 is 48.5 Å². The Morgan fingerprint density at radius 3 is 1.52 bits per heavy atom. The molecule has 1 aliphatic rings. The van der Waals surface area contributed by atoms with Gasteiger partial charge in [0.05, 0.1) is 14.2 Å². The summed E-state index contributed by atoms with van der Waals surface area (Å²) < 4.78 is 32.9. The summed E-state index contributed by atoms with van der Waals surface area (Å²) in [6, 6.07) is 0. The van der Waals surface area contributed by atoms with Gasteiger partial charge in [0.15, 0.2) is 13.6 Å². The monoisotopic (exact) mass is 370 g/mol. The van der Waals surface area contributed by atoms with Crippen LogP contribution in [-0.4, -0.2) is 99.2 Å². The molecule has 3 N–H and O–H groups in total. The van der Waals surface area contributed by atoms with Crippen LogP contribution in [0.25, 0.3) is 0 Å². The van der Waals surface area contributed by atoms with E-state index in [1.165, 1.54) is 7.11 Å². The van der Waals surface area contributed by atoms with Gasteiger partial charge in [-0.15, -0.1) is 0 Å². The van der Waals surface area contributed by atoms with Crippen LogP contribution in [0.5, 0.6) is 0 Å². The molecule has 12 nitrogen and oxygen atoms in total. The van der Waals surface area contributed by atoms with Gasteiger partial charge in [0.25, 0.3) is 0 Å². The van der Waals surface area contributed by atoms with Crippen molar-refractivity contribution in [3.05, 3.63) is 0 Å². The molecule has 6 unspecified atom stereocenters. The maximum atomic E-state index is 10.9. The summed E-state index contributed by atoms with van der Waals surface area (Å²) >= 11 is 0. The van der Waals surface area contributed by atoms with E-state index in [-0.39, 0.29) is 0 Å². The molecule has 0 bridgehead atoms. The van der Waals surface area contributed by atoms with Crippen molar-refractivity contribution in [3.63, 3.8) is 0 Å². The van der Waals surface area contributed by atoms with E-state index in [9.17, 15) is 24.9 Å². The van der Waals surface area contributed by atoms with Crippen molar-refractivity contribution in [3.8, 4) is 0 Å². The highest BCUT2D eigenvalue weighted by Crippen LogP contribution is 2.28. The topological polar surface area (TPSA) is 159 Å². The second kappa shape index (κ2) is 10.3. The van der Waals surface area contributed by atoms with E-state index < -0.39 is 62.5 Å². The summed E-state index contributed by atoms with van der Waals surface area (Å²) in [6.07, 6.45) is -10.4. The Kier molecular flexibility index (Phi) is 8.82. The van der Waals surface area contributed by atoms with Crippen LogP contribution in [0.4, 0.5) is 9.59 Å². The summed E-state index contributed by atoms with van der Waals surface area (Å²) in [5.74, 6) is 0. The predicted octanol–water partition coefficient (Wildman–Crippen LogP) is -1.65. The number of ether oxygens (including phenoxy) is 7. The van der Waals surface area contributed by atoms with Crippen molar-refractivity contribution in [2.24, 2.45) is 0 Å².